The van der Waals surface area contributed by atoms with Gasteiger partial charge >= 0.3 is 12.0 Å². The SMILES string of the molecule is COC(=O)/C=C/C(C)Oc1cc(N2SCCCCN2C(N)=O)c(F)cc1Cl. The number of nitrogens with zero attached hydrogens (tertiary/aromatic N) is 2. The first-order valence-corrected chi connectivity index (χ1v) is 9.57. The Morgan fingerprint density at radius 3 is 2.81 bits per heavy atom. The fourth-order valence-corrected chi connectivity index (χ4v) is 3.63. The van der Waals surface area contributed by atoms with E-state index in [2.05, 4.69) is 4.74 Å². The van der Waals surface area contributed by atoms with Crippen LogP contribution in [0.3, 0.4) is 0 Å². The van der Waals surface area contributed by atoms with Gasteiger partial charge in [-0.15, -0.1) is 0 Å². The molecule has 2 N–H and O–H groups in total. The molecule has 1 fully saturated rings. The third-order valence-corrected chi connectivity index (χ3v) is 5.08. The minimum Gasteiger partial charge on any atom is -0.485 e. The Bertz CT molecular complexity index is 734. The normalized spacial score (nSPS) is 16.1. The number of halogens is 2. The number of carbonyl (C=O) groups is 2. The van der Waals surface area contributed by atoms with Crippen molar-refractivity contribution in [3.05, 3.63) is 35.1 Å². The highest BCUT2D eigenvalue weighted by Crippen LogP contribution is 2.37. The summed E-state index contributed by atoms with van der Waals surface area (Å²) in [5.41, 5.74) is 5.56. The van der Waals surface area contributed by atoms with Crippen LogP contribution in [0.15, 0.2) is 24.3 Å². The van der Waals surface area contributed by atoms with E-state index < -0.39 is 23.9 Å². The topological polar surface area (TPSA) is 85.1 Å². The van der Waals surface area contributed by atoms with Crippen LogP contribution in [0.4, 0.5) is 14.9 Å². The first-order chi connectivity index (χ1) is 12.8. The maximum atomic E-state index is 14.6. The van der Waals surface area contributed by atoms with Crippen molar-refractivity contribution >= 4 is 41.2 Å². The van der Waals surface area contributed by atoms with Crippen LogP contribution < -0.4 is 14.9 Å². The number of benzene rings is 1. The summed E-state index contributed by atoms with van der Waals surface area (Å²) >= 11 is 7.38. The fourth-order valence-electron chi connectivity index (χ4n) is 2.35. The summed E-state index contributed by atoms with van der Waals surface area (Å²) in [7, 11) is 1.27. The van der Waals surface area contributed by atoms with Crippen molar-refractivity contribution in [2.24, 2.45) is 5.73 Å². The van der Waals surface area contributed by atoms with Gasteiger partial charge in [0.2, 0.25) is 0 Å². The van der Waals surface area contributed by atoms with Gasteiger partial charge in [-0.05, 0) is 43.9 Å². The van der Waals surface area contributed by atoms with Gasteiger partial charge in [0.1, 0.15) is 17.5 Å². The van der Waals surface area contributed by atoms with E-state index in [0.717, 1.165) is 18.9 Å². The van der Waals surface area contributed by atoms with Gasteiger partial charge in [0, 0.05) is 24.4 Å². The molecular weight excluding hydrogens is 397 g/mol. The molecule has 0 aliphatic carbocycles. The second-order valence-corrected chi connectivity index (χ2v) is 7.13. The summed E-state index contributed by atoms with van der Waals surface area (Å²) < 4.78 is 26.2. The molecule has 1 aliphatic rings. The zero-order valence-corrected chi connectivity index (χ0v) is 16.6. The van der Waals surface area contributed by atoms with E-state index in [4.69, 9.17) is 22.1 Å². The number of methoxy groups -OCH3 is 1. The molecule has 0 spiro atoms. The Labute approximate surface area is 166 Å². The van der Waals surface area contributed by atoms with Gasteiger partial charge < -0.3 is 15.2 Å². The number of ether oxygens (including phenoxy) is 2. The third-order valence-electron chi connectivity index (χ3n) is 3.68. The van der Waals surface area contributed by atoms with Gasteiger partial charge in [0.25, 0.3) is 0 Å². The lowest BCUT2D eigenvalue weighted by Gasteiger charge is -2.32. The predicted octanol–water partition coefficient (Wildman–Crippen LogP) is 3.52. The molecule has 0 radical (unpaired) electrons. The number of carbonyl (C=O) groups excluding carboxylic acids is 2. The number of urea groups is 1. The van der Waals surface area contributed by atoms with Gasteiger partial charge in [0.15, 0.2) is 5.82 Å². The smallest absolute Gasteiger partial charge is 0.334 e. The average Bonchev–Trinajstić information content (AvgIpc) is 2.88. The van der Waals surface area contributed by atoms with Crippen molar-refractivity contribution in [3.8, 4) is 5.75 Å². The van der Waals surface area contributed by atoms with Crippen LogP contribution in [0.25, 0.3) is 0 Å². The Morgan fingerprint density at radius 1 is 1.41 bits per heavy atom. The van der Waals surface area contributed by atoms with E-state index in [1.165, 1.54) is 46.7 Å². The fraction of sp³-hybridized carbons (Fsp3) is 0.412. The van der Waals surface area contributed by atoms with E-state index in [1.54, 1.807) is 6.92 Å². The molecule has 0 saturated carbocycles. The molecule has 10 heteroatoms. The second-order valence-electron chi connectivity index (χ2n) is 5.71. The van der Waals surface area contributed by atoms with Crippen molar-refractivity contribution < 1.29 is 23.5 Å². The monoisotopic (exact) mass is 417 g/mol. The van der Waals surface area contributed by atoms with Crippen LogP contribution in [0.1, 0.15) is 19.8 Å². The van der Waals surface area contributed by atoms with Crippen LogP contribution >= 0.6 is 23.5 Å². The van der Waals surface area contributed by atoms with Gasteiger partial charge in [0.05, 0.1) is 12.1 Å². The first kappa shape index (κ1) is 21.2. The minimum absolute atomic E-state index is 0.0695. The Morgan fingerprint density at radius 2 is 2.15 bits per heavy atom. The van der Waals surface area contributed by atoms with Crippen LogP contribution in [0.5, 0.6) is 5.75 Å². The van der Waals surface area contributed by atoms with Crippen LogP contribution in [0.2, 0.25) is 5.02 Å². The highest BCUT2D eigenvalue weighted by molar-refractivity contribution is 8.00. The van der Waals surface area contributed by atoms with Crippen molar-refractivity contribution in [2.75, 3.05) is 23.8 Å². The molecule has 2 rings (SSSR count). The van der Waals surface area contributed by atoms with E-state index in [1.807, 2.05) is 0 Å². The zero-order valence-electron chi connectivity index (χ0n) is 15.0. The molecule has 1 saturated heterocycles. The van der Waals surface area contributed by atoms with E-state index in [0.29, 0.717) is 12.3 Å². The first-order valence-electron chi connectivity index (χ1n) is 8.25. The van der Waals surface area contributed by atoms with Crippen LogP contribution in [0, 0.1) is 5.82 Å². The number of esters is 1. The number of anilines is 1. The quantitative estimate of drug-likeness (QED) is 0.448. The number of hydrogen-bond acceptors (Lipinski definition) is 6. The largest absolute Gasteiger partial charge is 0.485 e. The summed E-state index contributed by atoms with van der Waals surface area (Å²) in [4.78, 5) is 22.9. The van der Waals surface area contributed by atoms with Crippen molar-refractivity contribution in [1.29, 1.82) is 0 Å². The predicted molar refractivity (Wildman–Crippen MR) is 103 cm³/mol. The van der Waals surface area contributed by atoms with E-state index >= 15 is 0 Å². The lowest BCUT2D eigenvalue weighted by Crippen LogP contribution is -2.46. The molecule has 1 atom stereocenters. The summed E-state index contributed by atoms with van der Waals surface area (Å²) in [6, 6.07) is 1.86. The standard InChI is InChI=1S/C17H21ClFN3O4S/c1-11(5-6-16(23)25-2)26-15-10-14(13(19)9-12(15)18)22-21(17(20)24)7-3-4-8-27-22/h5-6,9-11H,3-4,7-8H2,1-2H3,(H2,20,24)/b6-5+. The molecule has 0 aromatic heterocycles. The summed E-state index contributed by atoms with van der Waals surface area (Å²) in [6.45, 7) is 2.08. The zero-order chi connectivity index (χ0) is 20.0. The molecule has 148 valence electrons. The molecule has 1 unspecified atom stereocenters. The molecule has 1 heterocycles. The number of hydrogen-bond donors (Lipinski definition) is 1. The maximum Gasteiger partial charge on any atom is 0.334 e. The van der Waals surface area contributed by atoms with Gasteiger partial charge in [-0.1, -0.05) is 11.6 Å². The van der Waals surface area contributed by atoms with Gasteiger partial charge in [-0.3, -0.25) is 0 Å². The molecule has 7 nitrogen and oxygen atoms in total. The summed E-state index contributed by atoms with van der Waals surface area (Å²) in [5.74, 6) is -0.204. The number of rotatable bonds is 5. The minimum atomic E-state index is -0.671. The molecule has 2 amide bonds. The molecule has 1 aromatic rings. The van der Waals surface area contributed by atoms with Crippen LogP contribution in [-0.4, -0.2) is 42.5 Å². The lowest BCUT2D eigenvalue weighted by molar-refractivity contribution is -0.134. The summed E-state index contributed by atoms with van der Waals surface area (Å²) in [5, 5.41) is 1.36. The lowest BCUT2D eigenvalue weighted by atomic mass is 10.2. The van der Waals surface area contributed by atoms with E-state index in [-0.39, 0.29) is 16.5 Å². The van der Waals surface area contributed by atoms with Crippen molar-refractivity contribution in [3.63, 3.8) is 0 Å². The number of nitrogens with two attached hydrogens (primary N) is 1. The average molecular weight is 418 g/mol. The third kappa shape index (κ3) is 5.67. The molecule has 0 bridgehead atoms. The number of amides is 2. The highest BCUT2D eigenvalue weighted by atomic mass is 35.5. The maximum absolute atomic E-state index is 14.6. The van der Waals surface area contributed by atoms with Crippen LogP contribution in [-0.2, 0) is 9.53 Å². The number of primary amides is 1. The van der Waals surface area contributed by atoms with Crippen molar-refractivity contribution in [2.45, 2.75) is 25.9 Å². The van der Waals surface area contributed by atoms with E-state index in [9.17, 15) is 14.0 Å². The molecular formula is C17H21ClFN3O4S. The Balaban J connectivity index is 2.30. The van der Waals surface area contributed by atoms with Crippen molar-refractivity contribution in [1.82, 2.24) is 5.01 Å². The Kier molecular flexibility index (Phi) is 7.61. The summed E-state index contributed by atoms with van der Waals surface area (Å²) in [6.07, 6.45) is 3.83. The van der Waals surface area contributed by atoms with Gasteiger partial charge in [-0.25, -0.2) is 23.4 Å². The number of hydrazine groups is 1. The molecule has 1 aliphatic heterocycles. The van der Waals surface area contributed by atoms with Gasteiger partial charge in [-0.2, -0.15) is 0 Å². The second kappa shape index (κ2) is 9.70. The molecule has 1 aromatic carbocycles. The highest BCUT2D eigenvalue weighted by Gasteiger charge is 2.26. The Hall–Kier alpha value is -2.13. The molecule has 27 heavy (non-hydrogen) atoms.